The molecule has 0 radical (unpaired) electrons. The molecule has 2 aromatic rings. The number of nitro benzene ring substituents is 1. The highest BCUT2D eigenvalue weighted by Gasteiger charge is 2.16. The number of amides is 1. The zero-order valence-electron chi connectivity index (χ0n) is 13.4. The van der Waals surface area contributed by atoms with E-state index in [1.807, 2.05) is 0 Å². The highest BCUT2D eigenvalue weighted by atomic mass is 35.5. The van der Waals surface area contributed by atoms with Gasteiger partial charge in [0.15, 0.2) is 0 Å². The van der Waals surface area contributed by atoms with Gasteiger partial charge in [-0.3, -0.25) is 14.9 Å². The molecular weight excluding hydrogens is 369 g/mol. The number of benzene rings is 2. The smallest absolute Gasteiger partial charge is 0.271 e. The van der Waals surface area contributed by atoms with E-state index in [1.54, 1.807) is 25.1 Å². The maximum Gasteiger partial charge on any atom is 0.271 e. The largest absolute Gasteiger partial charge is 0.495 e. The maximum absolute atomic E-state index is 12.3. The highest BCUT2D eigenvalue weighted by molar-refractivity contribution is 6.34. The molecule has 1 amide bonds. The van der Waals surface area contributed by atoms with Crippen LogP contribution in [0.1, 0.15) is 6.92 Å². The Balaban J connectivity index is 2.05. The van der Waals surface area contributed by atoms with Gasteiger partial charge in [-0.15, -0.1) is 0 Å². The van der Waals surface area contributed by atoms with Crippen LogP contribution in [-0.2, 0) is 4.79 Å². The van der Waals surface area contributed by atoms with Crippen LogP contribution in [0, 0.1) is 10.1 Å². The fourth-order valence-electron chi connectivity index (χ4n) is 2.03. The van der Waals surface area contributed by atoms with E-state index in [9.17, 15) is 14.9 Å². The van der Waals surface area contributed by atoms with Crippen molar-refractivity contribution in [1.82, 2.24) is 0 Å². The summed E-state index contributed by atoms with van der Waals surface area (Å²) in [6, 6.07) is 8.28. The lowest BCUT2D eigenvalue weighted by atomic mass is 10.2. The van der Waals surface area contributed by atoms with E-state index in [1.165, 1.54) is 25.3 Å². The van der Waals surface area contributed by atoms with Crippen molar-refractivity contribution in [2.75, 3.05) is 17.7 Å². The van der Waals surface area contributed by atoms with Crippen LogP contribution in [0.2, 0.25) is 10.0 Å². The van der Waals surface area contributed by atoms with E-state index in [4.69, 9.17) is 27.9 Å². The molecule has 2 aromatic carbocycles. The number of rotatable bonds is 6. The third-order valence-corrected chi connectivity index (χ3v) is 3.96. The first-order valence-electron chi connectivity index (χ1n) is 7.16. The second kappa shape index (κ2) is 8.04. The topological polar surface area (TPSA) is 93.5 Å². The van der Waals surface area contributed by atoms with Gasteiger partial charge in [-0.1, -0.05) is 23.2 Å². The molecule has 0 unspecified atom stereocenters. The minimum absolute atomic E-state index is 0.0854. The molecule has 2 N–H and O–H groups in total. The number of halogens is 2. The molecule has 0 aliphatic heterocycles. The Bertz CT molecular complexity index is 814. The number of nitrogens with zero attached hydrogens (tertiary/aromatic N) is 1. The zero-order chi connectivity index (χ0) is 18.6. The van der Waals surface area contributed by atoms with Crippen LogP contribution in [0.15, 0.2) is 36.4 Å². The molecule has 0 bridgehead atoms. The van der Waals surface area contributed by atoms with Crippen molar-refractivity contribution in [3.05, 3.63) is 56.6 Å². The molecule has 0 heterocycles. The van der Waals surface area contributed by atoms with Gasteiger partial charge in [-0.25, -0.2) is 0 Å². The monoisotopic (exact) mass is 383 g/mol. The Morgan fingerprint density at radius 3 is 2.48 bits per heavy atom. The van der Waals surface area contributed by atoms with Crippen molar-refractivity contribution in [1.29, 1.82) is 0 Å². The van der Waals surface area contributed by atoms with E-state index in [-0.39, 0.29) is 16.6 Å². The SMILES string of the molecule is COc1ccc(N[C@H](C)C(=O)Nc2ccc([N+](=O)[O-])cc2Cl)cc1Cl. The summed E-state index contributed by atoms with van der Waals surface area (Å²) in [6.45, 7) is 1.66. The second-order valence-corrected chi connectivity index (χ2v) is 5.94. The number of non-ortho nitro benzene ring substituents is 1. The third-order valence-electron chi connectivity index (χ3n) is 3.35. The van der Waals surface area contributed by atoms with Gasteiger partial charge in [0, 0.05) is 17.8 Å². The molecule has 0 spiro atoms. The van der Waals surface area contributed by atoms with Crippen molar-refractivity contribution in [2.45, 2.75) is 13.0 Å². The van der Waals surface area contributed by atoms with E-state index in [0.717, 1.165) is 0 Å². The standard InChI is InChI=1S/C16H15Cl2N3O4/c1-9(19-10-3-6-15(25-2)13(18)7-10)16(22)20-14-5-4-11(21(23)24)8-12(14)17/h3-9,19H,1-2H3,(H,20,22)/t9-/m1/s1. The summed E-state index contributed by atoms with van der Waals surface area (Å²) in [5.74, 6) is 0.171. The molecule has 0 aliphatic carbocycles. The van der Waals surface area contributed by atoms with Crippen molar-refractivity contribution in [3.8, 4) is 5.75 Å². The molecule has 132 valence electrons. The second-order valence-electron chi connectivity index (χ2n) is 5.13. The van der Waals surface area contributed by atoms with Crippen LogP contribution < -0.4 is 15.4 Å². The van der Waals surface area contributed by atoms with Gasteiger partial charge in [0.05, 0.1) is 27.8 Å². The van der Waals surface area contributed by atoms with Gasteiger partial charge < -0.3 is 15.4 Å². The lowest BCUT2D eigenvalue weighted by Gasteiger charge is -2.16. The van der Waals surface area contributed by atoms with Crippen LogP contribution in [0.4, 0.5) is 17.1 Å². The Kier molecular flexibility index (Phi) is 6.06. The third kappa shape index (κ3) is 4.74. The fraction of sp³-hybridized carbons (Fsp3) is 0.188. The molecule has 0 aromatic heterocycles. The number of ether oxygens (including phenoxy) is 1. The highest BCUT2D eigenvalue weighted by Crippen LogP contribution is 2.28. The van der Waals surface area contributed by atoms with Crippen LogP contribution in [0.3, 0.4) is 0 Å². The Morgan fingerprint density at radius 1 is 1.20 bits per heavy atom. The fourth-order valence-corrected chi connectivity index (χ4v) is 2.51. The minimum Gasteiger partial charge on any atom is -0.495 e. The first-order chi connectivity index (χ1) is 11.8. The van der Waals surface area contributed by atoms with Gasteiger partial charge in [-0.2, -0.15) is 0 Å². The van der Waals surface area contributed by atoms with E-state index in [0.29, 0.717) is 22.1 Å². The first-order valence-corrected chi connectivity index (χ1v) is 7.92. The predicted molar refractivity (Wildman–Crippen MR) is 97.8 cm³/mol. The van der Waals surface area contributed by atoms with Crippen molar-refractivity contribution >= 4 is 46.2 Å². The summed E-state index contributed by atoms with van der Waals surface area (Å²) in [6.07, 6.45) is 0. The molecule has 2 rings (SSSR count). The zero-order valence-corrected chi connectivity index (χ0v) is 14.9. The van der Waals surface area contributed by atoms with Crippen molar-refractivity contribution in [2.24, 2.45) is 0 Å². The van der Waals surface area contributed by atoms with Gasteiger partial charge >= 0.3 is 0 Å². The van der Waals surface area contributed by atoms with Crippen LogP contribution >= 0.6 is 23.2 Å². The number of methoxy groups -OCH3 is 1. The molecule has 25 heavy (non-hydrogen) atoms. The average molecular weight is 384 g/mol. The van der Waals surface area contributed by atoms with Crippen molar-refractivity contribution in [3.63, 3.8) is 0 Å². The molecular formula is C16H15Cl2N3O4. The number of nitrogens with one attached hydrogen (secondary N) is 2. The quantitative estimate of drug-likeness (QED) is 0.571. The van der Waals surface area contributed by atoms with E-state index >= 15 is 0 Å². The first kappa shape index (κ1) is 18.8. The number of anilines is 2. The van der Waals surface area contributed by atoms with Crippen LogP contribution in [0.25, 0.3) is 0 Å². The number of carbonyl (C=O) groups is 1. The van der Waals surface area contributed by atoms with Gasteiger partial charge in [0.2, 0.25) is 5.91 Å². The summed E-state index contributed by atoms with van der Waals surface area (Å²) in [4.78, 5) is 22.4. The average Bonchev–Trinajstić information content (AvgIpc) is 2.56. The van der Waals surface area contributed by atoms with Gasteiger partial charge in [-0.05, 0) is 31.2 Å². The molecule has 7 nitrogen and oxygen atoms in total. The van der Waals surface area contributed by atoms with E-state index < -0.39 is 11.0 Å². The summed E-state index contributed by atoms with van der Waals surface area (Å²) in [5.41, 5.74) is 0.781. The molecule has 0 fully saturated rings. The molecule has 1 atom stereocenters. The number of nitro groups is 1. The normalized spacial score (nSPS) is 11.5. The number of hydrogen-bond acceptors (Lipinski definition) is 5. The summed E-state index contributed by atoms with van der Waals surface area (Å²) < 4.78 is 5.07. The lowest BCUT2D eigenvalue weighted by molar-refractivity contribution is -0.384. The number of hydrogen-bond donors (Lipinski definition) is 2. The van der Waals surface area contributed by atoms with Gasteiger partial charge in [0.25, 0.3) is 5.69 Å². The molecule has 0 aliphatic rings. The van der Waals surface area contributed by atoms with Gasteiger partial charge in [0.1, 0.15) is 11.8 Å². The lowest BCUT2D eigenvalue weighted by Crippen LogP contribution is -2.31. The van der Waals surface area contributed by atoms with E-state index in [2.05, 4.69) is 10.6 Å². The summed E-state index contributed by atoms with van der Waals surface area (Å²) in [7, 11) is 1.51. The molecule has 0 saturated carbocycles. The Morgan fingerprint density at radius 2 is 1.92 bits per heavy atom. The summed E-state index contributed by atoms with van der Waals surface area (Å²) in [5, 5.41) is 16.8. The Labute approximate surface area is 154 Å². The van der Waals surface area contributed by atoms with Crippen LogP contribution in [-0.4, -0.2) is 24.0 Å². The van der Waals surface area contributed by atoms with Crippen molar-refractivity contribution < 1.29 is 14.5 Å². The minimum atomic E-state index is -0.601. The maximum atomic E-state index is 12.3. The number of carbonyl (C=O) groups excluding carboxylic acids is 1. The molecule has 0 saturated heterocycles. The summed E-state index contributed by atoms with van der Waals surface area (Å²) >= 11 is 12.0. The molecule has 9 heteroatoms. The Hall–Kier alpha value is -2.51. The predicted octanol–water partition coefficient (Wildman–Crippen LogP) is 4.35. The van der Waals surface area contributed by atoms with Crippen LogP contribution in [0.5, 0.6) is 5.75 Å².